The number of nitrogens with one attached hydrogen (secondary N) is 1. The van der Waals surface area contributed by atoms with E-state index in [1.165, 1.54) is 25.9 Å². The van der Waals surface area contributed by atoms with E-state index in [9.17, 15) is 24.0 Å². The van der Waals surface area contributed by atoms with Crippen molar-refractivity contribution in [2.24, 2.45) is 0 Å². The standard InChI is InChI=1S/C16H23N3O7/c1-8(14(22)18-6-4-5-10(18)16(24)25)17-13(21)9(2)19-12(20)7-11(26-3)15(19)23/h8-11H,4-7H2,1-3H3,(H,17,21)(H,24,25)/t8-,9-,10-,11?/m0/s1. The fraction of sp³-hybridized carbons (Fsp3) is 0.688. The van der Waals surface area contributed by atoms with Crippen molar-refractivity contribution >= 4 is 29.6 Å². The van der Waals surface area contributed by atoms with Crippen LogP contribution in [0.4, 0.5) is 0 Å². The van der Waals surface area contributed by atoms with Crippen molar-refractivity contribution in [1.29, 1.82) is 0 Å². The number of rotatable bonds is 6. The van der Waals surface area contributed by atoms with E-state index in [1.807, 2.05) is 0 Å². The number of hydrogen-bond acceptors (Lipinski definition) is 6. The summed E-state index contributed by atoms with van der Waals surface area (Å²) in [6, 6.07) is -2.97. The highest BCUT2D eigenvalue weighted by atomic mass is 16.5. The molecular weight excluding hydrogens is 346 g/mol. The number of carboxylic acid groups (broad SMARTS) is 1. The predicted molar refractivity (Wildman–Crippen MR) is 86.7 cm³/mol. The molecule has 10 nitrogen and oxygen atoms in total. The number of aliphatic carboxylic acids is 1. The second-order valence-corrected chi connectivity index (χ2v) is 6.46. The van der Waals surface area contributed by atoms with E-state index in [2.05, 4.69) is 5.32 Å². The van der Waals surface area contributed by atoms with Crippen molar-refractivity contribution < 1.29 is 33.8 Å². The molecule has 0 spiro atoms. The molecule has 0 aromatic heterocycles. The van der Waals surface area contributed by atoms with Gasteiger partial charge in [0.05, 0.1) is 6.42 Å². The fourth-order valence-corrected chi connectivity index (χ4v) is 3.26. The van der Waals surface area contributed by atoms with Crippen LogP contribution in [0.25, 0.3) is 0 Å². The minimum Gasteiger partial charge on any atom is -0.480 e. The third kappa shape index (κ3) is 3.69. The maximum atomic E-state index is 12.4. The Labute approximate surface area is 150 Å². The molecule has 26 heavy (non-hydrogen) atoms. The SMILES string of the molecule is COC1CC(=O)N([C@@H](C)C(=O)N[C@@H](C)C(=O)N2CCC[C@H]2C(=O)O)C1=O. The van der Waals surface area contributed by atoms with Crippen LogP contribution in [0.1, 0.15) is 33.1 Å². The topological polar surface area (TPSA) is 133 Å². The molecule has 4 atom stereocenters. The Morgan fingerprint density at radius 2 is 1.92 bits per heavy atom. The zero-order chi connectivity index (χ0) is 19.6. The van der Waals surface area contributed by atoms with Gasteiger partial charge >= 0.3 is 5.97 Å². The van der Waals surface area contributed by atoms with Crippen LogP contribution in [-0.4, -0.2) is 82.4 Å². The summed E-state index contributed by atoms with van der Waals surface area (Å²) in [7, 11) is 1.31. The third-order valence-electron chi connectivity index (χ3n) is 4.74. The summed E-state index contributed by atoms with van der Waals surface area (Å²) in [5, 5.41) is 11.6. The number of nitrogens with zero attached hydrogens (tertiary/aromatic N) is 2. The van der Waals surface area contributed by atoms with Gasteiger partial charge in [-0.2, -0.15) is 0 Å². The number of ether oxygens (including phenoxy) is 1. The van der Waals surface area contributed by atoms with Crippen molar-refractivity contribution in [1.82, 2.24) is 15.1 Å². The minimum atomic E-state index is -1.10. The van der Waals surface area contributed by atoms with Crippen LogP contribution < -0.4 is 5.32 Å². The zero-order valence-electron chi connectivity index (χ0n) is 14.9. The smallest absolute Gasteiger partial charge is 0.326 e. The first-order chi connectivity index (χ1) is 12.2. The van der Waals surface area contributed by atoms with E-state index in [4.69, 9.17) is 9.84 Å². The molecule has 0 saturated carbocycles. The van der Waals surface area contributed by atoms with Gasteiger partial charge in [-0.3, -0.25) is 24.1 Å². The number of carbonyl (C=O) groups is 5. The number of hydrogen-bond donors (Lipinski definition) is 2. The average molecular weight is 369 g/mol. The summed E-state index contributed by atoms with van der Waals surface area (Å²) >= 11 is 0. The molecule has 2 fully saturated rings. The minimum absolute atomic E-state index is 0.129. The van der Waals surface area contributed by atoms with Crippen molar-refractivity contribution in [2.45, 2.75) is 57.3 Å². The third-order valence-corrected chi connectivity index (χ3v) is 4.74. The lowest BCUT2D eigenvalue weighted by Crippen LogP contribution is -2.55. The van der Waals surface area contributed by atoms with E-state index in [-0.39, 0.29) is 6.42 Å². The first-order valence-electron chi connectivity index (χ1n) is 8.41. The van der Waals surface area contributed by atoms with Crippen molar-refractivity contribution in [3.05, 3.63) is 0 Å². The van der Waals surface area contributed by atoms with E-state index in [0.717, 1.165) is 4.90 Å². The Bertz CT molecular complexity index is 635. The number of imide groups is 1. The summed E-state index contributed by atoms with van der Waals surface area (Å²) in [5.74, 6) is -3.38. The molecule has 2 aliphatic rings. The Morgan fingerprint density at radius 3 is 2.46 bits per heavy atom. The Balaban J connectivity index is 2.00. The van der Waals surface area contributed by atoms with Gasteiger partial charge in [0.25, 0.3) is 5.91 Å². The number of carboxylic acids is 1. The van der Waals surface area contributed by atoms with Gasteiger partial charge in [0.1, 0.15) is 24.2 Å². The Morgan fingerprint density at radius 1 is 1.27 bits per heavy atom. The highest BCUT2D eigenvalue weighted by Gasteiger charge is 2.44. The van der Waals surface area contributed by atoms with Crippen LogP contribution in [0.3, 0.4) is 0 Å². The molecule has 0 aliphatic carbocycles. The Kier molecular flexibility index (Phi) is 5.96. The van der Waals surface area contributed by atoms with Crippen molar-refractivity contribution in [2.75, 3.05) is 13.7 Å². The van der Waals surface area contributed by atoms with Crippen LogP contribution in [0.2, 0.25) is 0 Å². The van der Waals surface area contributed by atoms with Gasteiger partial charge in [-0.25, -0.2) is 4.79 Å². The number of likely N-dealkylation sites (tertiary alicyclic amines) is 2. The van der Waals surface area contributed by atoms with E-state index >= 15 is 0 Å². The molecule has 1 unspecified atom stereocenters. The summed E-state index contributed by atoms with van der Waals surface area (Å²) in [5.41, 5.74) is 0. The average Bonchev–Trinajstić information content (AvgIpc) is 3.18. The molecule has 0 radical (unpaired) electrons. The van der Waals surface area contributed by atoms with Crippen LogP contribution in [0, 0.1) is 0 Å². The number of carbonyl (C=O) groups excluding carboxylic acids is 4. The lowest BCUT2D eigenvalue weighted by Gasteiger charge is -2.27. The summed E-state index contributed by atoms with van der Waals surface area (Å²) in [6.45, 7) is 3.14. The molecule has 0 aromatic rings. The second-order valence-electron chi connectivity index (χ2n) is 6.46. The molecular formula is C16H23N3O7. The second kappa shape index (κ2) is 7.81. The van der Waals surface area contributed by atoms with Gasteiger partial charge in [0, 0.05) is 13.7 Å². The molecule has 2 aliphatic heterocycles. The van der Waals surface area contributed by atoms with Crippen molar-refractivity contribution in [3.8, 4) is 0 Å². The van der Waals surface area contributed by atoms with Gasteiger partial charge in [0.2, 0.25) is 17.7 Å². The predicted octanol–water partition coefficient (Wildman–Crippen LogP) is -1.27. The maximum absolute atomic E-state index is 12.4. The summed E-state index contributed by atoms with van der Waals surface area (Å²) in [6.07, 6.45) is -0.0876. The van der Waals surface area contributed by atoms with Gasteiger partial charge in [0.15, 0.2) is 0 Å². The van der Waals surface area contributed by atoms with Crippen LogP contribution in [0.5, 0.6) is 0 Å². The van der Waals surface area contributed by atoms with Crippen LogP contribution in [0.15, 0.2) is 0 Å². The van der Waals surface area contributed by atoms with Crippen LogP contribution in [-0.2, 0) is 28.7 Å². The zero-order valence-corrected chi connectivity index (χ0v) is 14.9. The van der Waals surface area contributed by atoms with E-state index < -0.39 is 53.8 Å². The molecule has 2 N–H and O–H groups in total. The van der Waals surface area contributed by atoms with Gasteiger partial charge < -0.3 is 20.1 Å². The fourth-order valence-electron chi connectivity index (χ4n) is 3.26. The summed E-state index contributed by atoms with van der Waals surface area (Å²) in [4.78, 5) is 62.1. The van der Waals surface area contributed by atoms with Gasteiger partial charge in [-0.05, 0) is 26.7 Å². The molecule has 0 aromatic carbocycles. The molecule has 4 amide bonds. The highest BCUT2D eigenvalue weighted by molar-refractivity contribution is 6.08. The van der Waals surface area contributed by atoms with E-state index in [0.29, 0.717) is 19.4 Å². The molecule has 2 heterocycles. The first-order valence-corrected chi connectivity index (χ1v) is 8.41. The molecule has 10 heteroatoms. The quantitative estimate of drug-likeness (QED) is 0.558. The normalized spacial score (nSPS) is 25.3. The van der Waals surface area contributed by atoms with Gasteiger partial charge in [-0.1, -0.05) is 0 Å². The monoisotopic (exact) mass is 369 g/mol. The largest absolute Gasteiger partial charge is 0.480 e. The number of methoxy groups -OCH3 is 1. The lowest BCUT2D eigenvalue weighted by atomic mass is 10.2. The molecule has 144 valence electrons. The lowest BCUT2D eigenvalue weighted by molar-refractivity contribution is -0.151. The van der Waals surface area contributed by atoms with Crippen molar-refractivity contribution in [3.63, 3.8) is 0 Å². The molecule has 2 saturated heterocycles. The van der Waals surface area contributed by atoms with E-state index in [1.54, 1.807) is 0 Å². The maximum Gasteiger partial charge on any atom is 0.326 e. The Hall–Kier alpha value is -2.49. The van der Waals surface area contributed by atoms with Gasteiger partial charge in [-0.15, -0.1) is 0 Å². The number of amides is 4. The highest BCUT2D eigenvalue weighted by Crippen LogP contribution is 2.20. The summed E-state index contributed by atoms with van der Waals surface area (Å²) < 4.78 is 4.91. The van der Waals surface area contributed by atoms with Crippen LogP contribution >= 0.6 is 0 Å². The molecule has 0 bridgehead atoms. The first kappa shape index (κ1) is 19.8. The molecule has 2 rings (SSSR count).